The number of carbonyl (C=O) groups is 3. The fraction of sp³-hybridized carbons (Fsp3) is 0.160. The largest absolute Gasteiger partial charge is 0.325 e. The van der Waals surface area contributed by atoms with Gasteiger partial charge in [-0.15, -0.1) is 0 Å². The minimum atomic E-state index is -0.528. The second-order valence-electron chi connectivity index (χ2n) is 8.07. The summed E-state index contributed by atoms with van der Waals surface area (Å²) in [4.78, 5) is 49.5. The van der Waals surface area contributed by atoms with E-state index in [2.05, 4.69) is 5.32 Å². The number of imide groups is 1. The molecule has 3 amide bonds. The highest BCUT2D eigenvalue weighted by Crippen LogP contribution is 2.34. The van der Waals surface area contributed by atoms with E-state index < -0.39 is 22.0 Å². The smallest absolute Gasteiger partial charge is 0.294 e. The molecule has 2 aromatic carbocycles. The number of nitro benzene ring substituents is 1. The molecule has 0 saturated carbocycles. The summed E-state index contributed by atoms with van der Waals surface area (Å²) in [6.07, 6.45) is 1.64. The molecule has 1 aliphatic heterocycles. The summed E-state index contributed by atoms with van der Waals surface area (Å²) in [7, 11) is 0. The molecule has 0 radical (unpaired) electrons. The van der Waals surface area contributed by atoms with Gasteiger partial charge >= 0.3 is 0 Å². The van der Waals surface area contributed by atoms with Gasteiger partial charge in [0.25, 0.3) is 16.8 Å². The monoisotopic (exact) mass is 490 g/mol. The molecule has 9 nitrogen and oxygen atoms in total. The first-order valence-corrected chi connectivity index (χ1v) is 11.5. The first-order chi connectivity index (χ1) is 16.7. The van der Waals surface area contributed by atoms with Crippen LogP contribution >= 0.6 is 11.8 Å². The summed E-state index contributed by atoms with van der Waals surface area (Å²) in [5.41, 5.74) is 4.53. The molecule has 35 heavy (non-hydrogen) atoms. The van der Waals surface area contributed by atoms with Gasteiger partial charge in [-0.2, -0.15) is 0 Å². The van der Waals surface area contributed by atoms with E-state index in [1.54, 1.807) is 43.3 Å². The maximum absolute atomic E-state index is 12.9. The second kappa shape index (κ2) is 9.59. The summed E-state index contributed by atoms with van der Waals surface area (Å²) in [5, 5.41) is 13.2. The zero-order valence-electron chi connectivity index (χ0n) is 19.3. The molecule has 178 valence electrons. The Kier molecular flexibility index (Phi) is 6.57. The van der Waals surface area contributed by atoms with E-state index >= 15 is 0 Å². The molecule has 1 fully saturated rings. The van der Waals surface area contributed by atoms with Gasteiger partial charge in [-0.25, -0.2) is 0 Å². The van der Waals surface area contributed by atoms with Crippen LogP contribution in [0.5, 0.6) is 0 Å². The van der Waals surface area contributed by atoms with Gasteiger partial charge in [0.15, 0.2) is 0 Å². The minimum Gasteiger partial charge on any atom is -0.325 e. The standard InChI is InChI=1S/C25H22N4O5S/c1-15-11-20(29(33)34)9-10-21(15)28-16(2)12-18(17(28)3)13-22-24(31)27(25(32)35-22)14-23(30)26-19-7-5-4-6-8-19/h4-13H,14H2,1-3H3,(H,26,30)/b22-13-. The number of para-hydroxylation sites is 1. The normalized spacial score (nSPS) is 14.6. The van der Waals surface area contributed by atoms with Gasteiger partial charge in [-0.1, -0.05) is 18.2 Å². The quantitative estimate of drug-likeness (QED) is 0.296. The summed E-state index contributed by atoms with van der Waals surface area (Å²) < 4.78 is 1.95. The average Bonchev–Trinajstić information content (AvgIpc) is 3.23. The number of hydrogen-bond acceptors (Lipinski definition) is 6. The van der Waals surface area contributed by atoms with Crippen molar-refractivity contribution in [3.05, 3.63) is 92.1 Å². The number of thioether (sulfide) groups is 1. The first kappa shape index (κ1) is 24.0. The molecule has 0 aliphatic carbocycles. The van der Waals surface area contributed by atoms with Crippen LogP contribution in [0, 0.1) is 30.9 Å². The maximum atomic E-state index is 12.9. The molecule has 0 atom stereocenters. The highest BCUT2D eigenvalue weighted by Gasteiger charge is 2.36. The summed E-state index contributed by atoms with van der Waals surface area (Å²) in [6.45, 7) is 5.19. The minimum absolute atomic E-state index is 0.0129. The maximum Gasteiger partial charge on any atom is 0.294 e. The molecule has 10 heteroatoms. The Balaban J connectivity index is 1.56. The summed E-state index contributed by atoms with van der Waals surface area (Å²) in [5.74, 6) is -0.994. The Morgan fingerprint density at radius 2 is 1.80 bits per heavy atom. The molecular weight excluding hydrogens is 468 g/mol. The fourth-order valence-electron chi connectivity index (χ4n) is 3.95. The van der Waals surface area contributed by atoms with Crippen LogP contribution in [-0.4, -0.2) is 38.0 Å². The van der Waals surface area contributed by atoms with Crippen LogP contribution in [-0.2, 0) is 9.59 Å². The Labute approximate surface area is 205 Å². The van der Waals surface area contributed by atoms with Gasteiger partial charge in [0.05, 0.1) is 9.83 Å². The number of rotatable bonds is 6. The molecule has 1 aliphatic rings. The Morgan fingerprint density at radius 1 is 1.09 bits per heavy atom. The molecular formula is C25H22N4O5S. The van der Waals surface area contributed by atoms with Crippen molar-refractivity contribution in [3.63, 3.8) is 0 Å². The van der Waals surface area contributed by atoms with Crippen molar-refractivity contribution < 1.29 is 19.3 Å². The number of aryl methyl sites for hydroxylation is 2. The molecule has 2 heterocycles. The average molecular weight is 491 g/mol. The zero-order chi connectivity index (χ0) is 25.3. The van der Waals surface area contributed by atoms with Crippen LogP contribution in [0.3, 0.4) is 0 Å². The number of carbonyl (C=O) groups excluding carboxylic acids is 3. The number of non-ortho nitro benzene ring substituents is 1. The van der Waals surface area contributed by atoms with E-state index in [0.29, 0.717) is 5.69 Å². The number of aromatic nitrogens is 1. The van der Waals surface area contributed by atoms with Crippen LogP contribution in [0.1, 0.15) is 22.5 Å². The van der Waals surface area contributed by atoms with E-state index in [-0.39, 0.29) is 17.1 Å². The van der Waals surface area contributed by atoms with Gasteiger partial charge < -0.3 is 9.88 Å². The van der Waals surface area contributed by atoms with Gasteiger partial charge in [0.1, 0.15) is 6.54 Å². The molecule has 4 rings (SSSR count). The topological polar surface area (TPSA) is 115 Å². The number of nitrogens with zero attached hydrogens (tertiary/aromatic N) is 3. The van der Waals surface area contributed by atoms with Crippen LogP contribution in [0.2, 0.25) is 0 Å². The molecule has 1 N–H and O–H groups in total. The number of hydrogen-bond donors (Lipinski definition) is 1. The fourth-order valence-corrected chi connectivity index (χ4v) is 4.78. The van der Waals surface area contributed by atoms with Gasteiger partial charge in [-0.3, -0.25) is 29.4 Å². The summed E-state index contributed by atoms with van der Waals surface area (Å²) in [6, 6.07) is 15.3. The highest BCUT2D eigenvalue weighted by atomic mass is 32.2. The van der Waals surface area contributed by atoms with Gasteiger partial charge in [0.2, 0.25) is 5.91 Å². The van der Waals surface area contributed by atoms with E-state index in [9.17, 15) is 24.5 Å². The molecule has 0 spiro atoms. The van der Waals surface area contributed by atoms with Crippen molar-refractivity contribution in [2.75, 3.05) is 11.9 Å². The number of benzene rings is 2. The lowest BCUT2D eigenvalue weighted by Crippen LogP contribution is -2.36. The number of nitrogens with one attached hydrogen (secondary N) is 1. The van der Waals surface area contributed by atoms with Crippen molar-refractivity contribution in [1.82, 2.24) is 9.47 Å². The van der Waals surface area contributed by atoms with E-state index in [0.717, 1.165) is 44.9 Å². The van der Waals surface area contributed by atoms with Crippen LogP contribution in [0.4, 0.5) is 16.2 Å². The number of anilines is 1. The molecule has 0 unspecified atom stereocenters. The third-order valence-electron chi connectivity index (χ3n) is 5.62. The third kappa shape index (κ3) is 4.87. The lowest BCUT2D eigenvalue weighted by molar-refractivity contribution is -0.384. The van der Waals surface area contributed by atoms with Crippen LogP contribution in [0.25, 0.3) is 11.8 Å². The predicted octanol–water partition coefficient (Wildman–Crippen LogP) is 4.99. The van der Waals surface area contributed by atoms with Crippen molar-refractivity contribution in [3.8, 4) is 5.69 Å². The highest BCUT2D eigenvalue weighted by molar-refractivity contribution is 8.18. The summed E-state index contributed by atoms with van der Waals surface area (Å²) >= 11 is 0.787. The second-order valence-corrected chi connectivity index (χ2v) is 9.07. The number of nitro groups is 1. The SMILES string of the molecule is Cc1cc([N+](=O)[O-])ccc1-n1c(C)cc(/C=C2\SC(=O)N(CC(=O)Nc3ccccc3)C2=O)c1C. The lowest BCUT2D eigenvalue weighted by Gasteiger charge is -2.13. The zero-order valence-corrected chi connectivity index (χ0v) is 20.1. The van der Waals surface area contributed by atoms with Crippen LogP contribution in [0.15, 0.2) is 59.5 Å². The Morgan fingerprint density at radius 3 is 2.46 bits per heavy atom. The third-order valence-corrected chi connectivity index (χ3v) is 6.53. The van der Waals surface area contributed by atoms with Crippen molar-refractivity contribution >= 4 is 46.3 Å². The Bertz CT molecular complexity index is 1390. The van der Waals surface area contributed by atoms with Crippen molar-refractivity contribution in [1.29, 1.82) is 0 Å². The van der Waals surface area contributed by atoms with E-state index in [1.807, 2.05) is 30.5 Å². The van der Waals surface area contributed by atoms with E-state index in [4.69, 9.17) is 0 Å². The van der Waals surface area contributed by atoms with Gasteiger partial charge in [-0.05, 0) is 74.0 Å². The predicted molar refractivity (Wildman–Crippen MR) is 134 cm³/mol. The van der Waals surface area contributed by atoms with Gasteiger partial charge in [0, 0.05) is 34.9 Å². The molecule has 1 aromatic heterocycles. The van der Waals surface area contributed by atoms with E-state index in [1.165, 1.54) is 12.1 Å². The lowest BCUT2D eigenvalue weighted by atomic mass is 10.1. The Hall–Kier alpha value is -4.18. The van der Waals surface area contributed by atoms with Crippen molar-refractivity contribution in [2.24, 2.45) is 0 Å². The van der Waals surface area contributed by atoms with Crippen LogP contribution < -0.4 is 5.32 Å². The van der Waals surface area contributed by atoms with Crippen molar-refractivity contribution in [2.45, 2.75) is 20.8 Å². The molecule has 0 bridgehead atoms. The first-order valence-electron chi connectivity index (χ1n) is 10.7. The molecule has 1 saturated heterocycles. The molecule has 3 aromatic rings. The number of amides is 3.